The second-order valence-corrected chi connectivity index (χ2v) is 6.97. The lowest BCUT2D eigenvalue weighted by molar-refractivity contribution is -0.117. The van der Waals surface area contributed by atoms with E-state index in [1.165, 1.54) is 11.1 Å². The minimum absolute atomic E-state index is 0.0905. The van der Waals surface area contributed by atoms with Gasteiger partial charge in [0, 0.05) is 18.8 Å². The molecule has 4 rings (SSSR count). The maximum Gasteiger partial charge on any atom is 0.246 e. The molecule has 3 aromatic rings. The van der Waals surface area contributed by atoms with Crippen LogP contribution in [0, 0.1) is 27.7 Å². The van der Waals surface area contributed by atoms with Gasteiger partial charge in [0.15, 0.2) is 0 Å². The second kappa shape index (κ2) is 6.09. The number of aromatic nitrogens is 4. The van der Waals surface area contributed by atoms with E-state index >= 15 is 0 Å². The average Bonchev–Trinajstić information content (AvgIpc) is 3.02. The van der Waals surface area contributed by atoms with Crippen molar-refractivity contribution in [2.75, 3.05) is 29.4 Å². The molecule has 0 saturated carbocycles. The van der Waals surface area contributed by atoms with E-state index in [9.17, 15) is 4.79 Å². The Morgan fingerprint density at radius 3 is 2.42 bits per heavy atom. The quantitative estimate of drug-likeness (QED) is 0.709. The normalized spacial score (nSPS) is 15.2. The van der Waals surface area contributed by atoms with Gasteiger partial charge in [-0.15, -0.1) is 10.2 Å². The SMILES string of the molecule is Cc1cc(C)cc(N2CCN(c3c(C)c(C)nn4cnnc34)CC2=O)c1. The zero-order chi connectivity index (χ0) is 18.4. The largest absolute Gasteiger partial charge is 0.357 e. The Morgan fingerprint density at radius 2 is 1.73 bits per heavy atom. The van der Waals surface area contributed by atoms with Crippen LogP contribution in [0.15, 0.2) is 24.5 Å². The number of piperazine rings is 1. The topological polar surface area (TPSA) is 66.6 Å². The summed E-state index contributed by atoms with van der Waals surface area (Å²) in [5, 5.41) is 12.6. The van der Waals surface area contributed by atoms with E-state index in [4.69, 9.17) is 0 Å². The van der Waals surface area contributed by atoms with Crippen LogP contribution in [-0.4, -0.2) is 45.4 Å². The lowest BCUT2D eigenvalue weighted by Gasteiger charge is -2.36. The van der Waals surface area contributed by atoms with E-state index in [1.807, 2.05) is 18.7 Å². The Bertz CT molecular complexity index is 988. The lowest BCUT2D eigenvalue weighted by atomic mass is 10.1. The Morgan fingerprint density at radius 1 is 1.00 bits per heavy atom. The molecule has 0 atom stereocenters. The maximum absolute atomic E-state index is 12.9. The van der Waals surface area contributed by atoms with Crippen molar-refractivity contribution < 1.29 is 4.79 Å². The first-order valence-corrected chi connectivity index (χ1v) is 8.75. The third-order valence-electron chi connectivity index (χ3n) is 4.95. The number of nitrogens with zero attached hydrogens (tertiary/aromatic N) is 6. The van der Waals surface area contributed by atoms with Gasteiger partial charge in [0.1, 0.15) is 6.33 Å². The first-order valence-electron chi connectivity index (χ1n) is 8.75. The van der Waals surface area contributed by atoms with Crippen molar-refractivity contribution in [1.82, 2.24) is 19.8 Å². The number of hydrogen-bond donors (Lipinski definition) is 0. The standard InChI is InChI=1S/C19H22N6O/c1-12-7-13(2)9-16(8-12)24-6-5-23(10-17(24)26)18-14(3)15(4)22-25-11-20-21-19(18)25/h7-9,11H,5-6,10H2,1-4H3. The number of carbonyl (C=O) groups is 1. The first kappa shape index (κ1) is 16.5. The molecule has 7 heteroatoms. The van der Waals surface area contributed by atoms with Crippen molar-refractivity contribution in [3.05, 3.63) is 46.9 Å². The summed E-state index contributed by atoms with van der Waals surface area (Å²) in [4.78, 5) is 16.9. The third-order valence-corrected chi connectivity index (χ3v) is 4.95. The number of benzene rings is 1. The summed E-state index contributed by atoms with van der Waals surface area (Å²) in [5.74, 6) is 0.0905. The number of carbonyl (C=O) groups excluding carboxylic acids is 1. The number of amides is 1. The molecule has 1 aliphatic rings. The fourth-order valence-electron chi connectivity index (χ4n) is 3.66. The molecule has 0 spiro atoms. The third kappa shape index (κ3) is 2.69. The smallest absolute Gasteiger partial charge is 0.246 e. The molecular weight excluding hydrogens is 328 g/mol. The summed E-state index contributed by atoms with van der Waals surface area (Å²) < 4.78 is 1.68. The Balaban J connectivity index is 1.67. The Hall–Kier alpha value is -2.96. The zero-order valence-corrected chi connectivity index (χ0v) is 15.5. The maximum atomic E-state index is 12.9. The minimum atomic E-state index is 0.0905. The van der Waals surface area contributed by atoms with Crippen LogP contribution in [-0.2, 0) is 4.79 Å². The van der Waals surface area contributed by atoms with Gasteiger partial charge in [-0.25, -0.2) is 0 Å². The van der Waals surface area contributed by atoms with Crippen LogP contribution in [0.5, 0.6) is 0 Å². The highest BCUT2D eigenvalue weighted by atomic mass is 16.2. The van der Waals surface area contributed by atoms with Crippen molar-refractivity contribution in [3.8, 4) is 0 Å². The summed E-state index contributed by atoms with van der Waals surface area (Å²) in [5.41, 5.74) is 6.91. The van der Waals surface area contributed by atoms with Gasteiger partial charge < -0.3 is 9.80 Å². The van der Waals surface area contributed by atoms with E-state index in [1.54, 1.807) is 10.8 Å². The molecule has 134 valence electrons. The Labute approximate surface area is 152 Å². The molecule has 0 aliphatic carbocycles. The van der Waals surface area contributed by atoms with Crippen molar-refractivity contribution >= 4 is 22.9 Å². The predicted octanol–water partition coefficient (Wildman–Crippen LogP) is 2.21. The molecule has 1 aromatic carbocycles. The van der Waals surface area contributed by atoms with Gasteiger partial charge in [0.2, 0.25) is 11.6 Å². The van der Waals surface area contributed by atoms with Crippen molar-refractivity contribution in [3.63, 3.8) is 0 Å². The molecule has 1 saturated heterocycles. The van der Waals surface area contributed by atoms with E-state index in [0.29, 0.717) is 18.7 Å². The summed E-state index contributed by atoms with van der Waals surface area (Å²) in [6.07, 6.45) is 1.60. The van der Waals surface area contributed by atoms with Crippen LogP contribution in [0.4, 0.5) is 11.4 Å². The van der Waals surface area contributed by atoms with Crippen LogP contribution in [0.2, 0.25) is 0 Å². The number of aryl methyl sites for hydroxylation is 3. The lowest BCUT2D eigenvalue weighted by Crippen LogP contribution is -2.51. The van der Waals surface area contributed by atoms with Crippen molar-refractivity contribution in [1.29, 1.82) is 0 Å². The molecule has 1 aliphatic heterocycles. The minimum Gasteiger partial charge on any atom is -0.357 e. The van der Waals surface area contributed by atoms with Gasteiger partial charge in [-0.3, -0.25) is 4.79 Å². The number of hydrogen-bond acceptors (Lipinski definition) is 5. The molecule has 0 bridgehead atoms. The highest BCUT2D eigenvalue weighted by molar-refractivity contribution is 5.98. The van der Waals surface area contributed by atoms with E-state index in [0.717, 1.165) is 29.2 Å². The second-order valence-electron chi connectivity index (χ2n) is 6.97. The molecule has 0 N–H and O–H groups in total. The van der Waals surface area contributed by atoms with E-state index in [2.05, 4.69) is 52.2 Å². The van der Waals surface area contributed by atoms with Crippen molar-refractivity contribution in [2.24, 2.45) is 0 Å². The van der Waals surface area contributed by atoms with Gasteiger partial charge in [0.05, 0.1) is 17.9 Å². The average molecular weight is 350 g/mol. The Kier molecular flexibility index (Phi) is 3.86. The fraction of sp³-hybridized carbons (Fsp3) is 0.368. The molecule has 26 heavy (non-hydrogen) atoms. The molecule has 0 unspecified atom stereocenters. The van der Waals surface area contributed by atoms with Crippen LogP contribution < -0.4 is 9.80 Å². The summed E-state index contributed by atoms with van der Waals surface area (Å²) in [7, 11) is 0. The molecule has 3 heterocycles. The monoisotopic (exact) mass is 350 g/mol. The summed E-state index contributed by atoms with van der Waals surface area (Å²) in [6.45, 7) is 9.80. The van der Waals surface area contributed by atoms with Gasteiger partial charge in [-0.05, 0) is 56.5 Å². The van der Waals surface area contributed by atoms with Crippen LogP contribution in [0.3, 0.4) is 0 Å². The van der Waals surface area contributed by atoms with E-state index < -0.39 is 0 Å². The molecule has 2 aromatic heterocycles. The highest BCUT2D eigenvalue weighted by Gasteiger charge is 2.28. The molecule has 1 amide bonds. The number of rotatable bonds is 2. The molecule has 7 nitrogen and oxygen atoms in total. The first-order chi connectivity index (χ1) is 12.4. The van der Waals surface area contributed by atoms with E-state index in [-0.39, 0.29) is 5.91 Å². The molecule has 1 fully saturated rings. The van der Waals surface area contributed by atoms with Crippen LogP contribution in [0.1, 0.15) is 22.4 Å². The molecular formula is C19H22N6O. The van der Waals surface area contributed by atoms with Crippen LogP contribution in [0.25, 0.3) is 5.65 Å². The van der Waals surface area contributed by atoms with Crippen LogP contribution >= 0.6 is 0 Å². The van der Waals surface area contributed by atoms with Gasteiger partial charge in [-0.1, -0.05) is 6.07 Å². The van der Waals surface area contributed by atoms with Gasteiger partial charge >= 0.3 is 0 Å². The van der Waals surface area contributed by atoms with Gasteiger partial charge in [-0.2, -0.15) is 9.61 Å². The van der Waals surface area contributed by atoms with Crippen molar-refractivity contribution in [2.45, 2.75) is 27.7 Å². The predicted molar refractivity (Wildman–Crippen MR) is 101 cm³/mol. The van der Waals surface area contributed by atoms with Gasteiger partial charge in [0.25, 0.3) is 0 Å². The highest BCUT2D eigenvalue weighted by Crippen LogP contribution is 2.29. The molecule has 0 radical (unpaired) electrons. The summed E-state index contributed by atoms with van der Waals surface area (Å²) >= 11 is 0. The zero-order valence-electron chi connectivity index (χ0n) is 15.5. The number of fused-ring (bicyclic) bond motifs is 1. The fourth-order valence-corrected chi connectivity index (χ4v) is 3.66. The summed E-state index contributed by atoms with van der Waals surface area (Å²) in [6, 6.07) is 6.26. The number of anilines is 2.